The van der Waals surface area contributed by atoms with Gasteiger partial charge >= 0.3 is 0 Å². The number of benzene rings is 1. The molecule has 0 heterocycles. The van der Waals surface area contributed by atoms with Crippen LogP contribution in [-0.4, -0.2) is 6.04 Å². The van der Waals surface area contributed by atoms with Crippen molar-refractivity contribution in [2.24, 2.45) is 5.41 Å². The largest absolute Gasteiger partial charge is 0.309 e. The molecular weight excluding hydrogens is 244 g/mol. The summed E-state index contributed by atoms with van der Waals surface area (Å²) in [4.78, 5) is 0. The van der Waals surface area contributed by atoms with E-state index in [1.165, 1.54) is 57.1 Å². The zero-order valence-corrected chi connectivity index (χ0v) is 11.2. The molecule has 0 aliphatic heterocycles. The number of rotatable bonds is 3. The van der Waals surface area contributed by atoms with Gasteiger partial charge in [-0.05, 0) is 48.8 Å². The molecule has 19 heavy (non-hydrogen) atoms. The molecule has 2 fully saturated rings. The van der Waals surface area contributed by atoms with E-state index in [0.29, 0.717) is 18.0 Å². The van der Waals surface area contributed by atoms with E-state index in [-0.39, 0.29) is 0 Å². The highest BCUT2D eigenvalue weighted by molar-refractivity contribution is 5.18. The van der Waals surface area contributed by atoms with Crippen LogP contribution in [0, 0.1) is 17.0 Å². The van der Waals surface area contributed by atoms with Crippen LogP contribution in [0.15, 0.2) is 18.2 Å². The summed E-state index contributed by atoms with van der Waals surface area (Å²) in [5.74, 6) is -1.52. The Morgan fingerprint density at radius 2 is 1.84 bits per heavy atom. The average molecular weight is 265 g/mol. The third-order valence-corrected chi connectivity index (χ3v) is 5.06. The number of hydrogen-bond acceptors (Lipinski definition) is 1. The van der Waals surface area contributed by atoms with E-state index >= 15 is 0 Å². The van der Waals surface area contributed by atoms with E-state index in [2.05, 4.69) is 5.32 Å². The fourth-order valence-electron chi connectivity index (χ4n) is 3.76. The number of nitrogens with one attached hydrogen (secondary N) is 1. The molecule has 104 valence electrons. The second-order valence-electron chi connectivity index (χ2n) is 6.14. The zero-order valence-electron chi connectivity index (χ0n) is 11.2. The van der Waals surface area contributed by atoms with Gasteiger partial charge in [0.15, 0.2) is 11.6 Å². The van der Waals surface area contributed by atoms with E-state index < -0.39 is 11.6 Å². The molecule has 0 aromatic heterocycles. The van der Waals surface area contributed by atoms with E-state index in [1.807, 2.05) is 0 Å². The summed E-state index contributed by atoms with van der Waals surface area (Å²) in [5, 5.41) is 3.55. The Morgan fingerprint density at radius 1 is 1.05 bits per heavy atom. The predicted octanol–water partition coefficient (Wildman–Crippen LogP) is 4.17. The van der Waals surface area contributed by atoms with Gasteiger partial charge in [-0.3, -0.25) is 0 Å². The van der Waals surface area contributed by atoms with Gasteiger partial charge in [-0.2, -0.15) is 0 Å². The molecule has 1 aromatic carbocycles. The van der Waals surface area contributed by atoms with Gasteiger partial charge in [-0.25, -0.2) is 8.78 Å². The smallest absolute Gasteiger partial charge is 0.159 e. The summed E-state index contributed by atoms with van der Waals surface area (Å²) in [6, 6.07) is 4.75. The quantitative estimate of drug-likeness (QED) is 0.865. The van der Waals surface area contributed by atoms with Gasteiger partial charge < -0.3 is 5.32 Å². The maximum absolute atomic E-state index is 13.1. The molecule has 1 atom stereocenters. The number of hydrogen-bond donors (Lipinski definition) is 1. The van der Waals surface area contributed by atoms with E-state index in [1.54, 1.807) is 6.07 Å². The summed E-state index contributed by atoms with van der Waals surface area (Å²) >= 11 is 0. The van der Waals surface area contributed by atoms with Crippen LogP contribution in [0.4, 0.5) is 8.78 Å². The third-order valence-electron chi connectivity index (χ3n) is 5.06. The lowest BCUT2D eigenvalue weighted by molar-refractivity contribution is 0.0221. The van der Waals surface area contributed by atoms with E-state index in [0.717, 1.165) is 5.56 Å². The number of halogens is 2. The molecule has 0 bridgehead atoms. The first kappa shape index (κ1) is 13.0. The van der Waals surface area contributed by atoms with Crippen LogP contribution in [0.1, 0.15) is 50.5 Å². The Kier molecular flexibility index (Phi) is 3.57. The van der Waals surface area contributed by atoms with Crippen molar-refractivity contribution in [3.8, 4) is 0 Å². The highest BCUT2D eigenvalue weighted by atomic mass is 19.2. The normalized spacial score (nSPS) is 25.3. The highest BCUT2D eigenvalue weighted by Crippen LogP contribution is 2.51. The molecule has 2 saturated carbocycles. The van der Waals surface area contributed by atoms with Crippen molar-refractivity contribution in [1.29, 1.82) is 0 Å². The Hall–Kier alpha value is -0.960. The van der Waals surface area contributed by atoms with Crippen LogP contribution in [0.5, 0.6) is 0 Å². The molecule has 3 rings (SSSR count). The Bertz CT molecular complexity index is 452. The van der Waals surface area contributed by atoms with Crippen molar-refractivity contribution in [2.45, 2.75) is 57.5 Å². The van der Waals surface area contributed by atoms with Gasteiger partial charge in [0, 0.05) is 12.6 Å². The monoisotopic (exact) mass is 265 g/mol. The second-order valence-corrected chi connectivity index (χ2v) is 6.14. The maximum Gasteiger partial charge on any atom is 0.159 e. The molecule has 0 saturated heterocycles. The fraction of sp³-hybridized carbons (Fsp3) is 0.625. The van der Waals surface area contributed by atoms with Gasteiger partial charge in [-0.15, -0.1) is 0 Å². The minimum absolute atomic E-state index is 0.511. The first-order valence-corrected chi connectivity index (χ1v) is 7.37. The van der Waals surface area contributed by atoms with Crippen molar-refractivity contribution in [2.75, 3.05) is 0 Å². The standard InChI is InChI=1S/C16H21F2N/c17-13-5-4-12(10-14(13)18)11-19-15-6-9-16(15)7-2-1-3-8-16/h4-5,10,15,19H,1-3,6-9,11H2. The van der Waals surface area contributed by atoms with Crippen LogP contribution >= 0.6 is 0 Å². The lowest BCUT2D eigenvalue weighted by atomic mass is 9.57. The molecule has 2 aliphatic rings. The molecule has 1 N–H and O–H groups in total. The average Bonchev–Trinajstić information content (AvgIpc) is 2.43. The highest BCUT2D eigenvalue weighted by Gasteiger charge is 2.46. The summed E-state index contributed by atoms with van der Waals surface area (Å²) in [6.45, 7) is 0.642. The van der Waals surface area contributed by atoms with Crippen molar-refractivity contribution in [3.63, 3.8) is 0 Å². The summed E-state index contributed by atoms with van der Waals surface area (Å²) in [5.41, 5.74) is 1.34. The van der Waals surface area contributed by atoms with Crippen LogP contribution < -0.4 is 5.32 Å². The molecule has 0 radical (unpaired) electrons. The minimum Gasteiger partial charge on any atom is -0.309 e. The molecule has 2 aliphatic carbocycles. The zero-order chi connectivity index (χ0) is 13.3. The third kappa shape index (κ3) is 2.53. The molecular formula is C16H21F2N. The summed E-state index contributed by atoms with van der Waals surface area (Å²) < 4.78 is 26.0. The minimum atomic E-state index is -0.767. The van der Waals surface area contributed by atoms with E-state index in [9.17, 15) is 8.78 Å². The molecule has 1 unspecified atom stereocenters. The second kappa shape index (κ2) is 5.20. The molecule has 1 spiro atoms. The predicted molar refractivity (Wildman–Crippen MR) is 71.7 cm³/mol. The Labute approximate surface area is 113 Å². The SMILES string of the molecule is Fc1ccc(CNC2CCC23CCCCC3)cc1F. The van der Waals surface area contributed by atoms with Crippen molar-refractivity contribution >= 4 is 0 Å². The molecule has 1 nitrogen and oxygen atoms in total. The van der Waals surface area contributed by atoms with Gasteiger partial charge in [0.25, 0.3) is 0 Å². The van der Waals surface area contributed by atoms with Gasteiger partial charge in [-0.1, -0.05) is 25.3 Å². The summed E-state index contributed by atoms with van der Waals surface area (Å²) in [6.07, 6.45) is 9.31. The maximum atomic E-state index is 13.1. The Balaban J connectivity index is 1.58. The first-order valence-electron chi connectivity index (χ1n) is 7.37. The lowest BCUT2D eigenvalue weighted by Gasteiger charge is -2.52. The molecule has 0 amide bonds. The van der Waals surface area contributed by atoms with Crippen LogP contribution in [0.3, 0.4) is 0 Å². The summed E-state index contributed by atoms with van der Waals surface area (Å²) in [7, 11) is 0. The lowest BCUT2D eigenvalue weighted by Crippen LogP contribution is -2.53. The van der Waals surface area contributed by atoms with Crippen LogP contribution in [0.25, 0.3) is 0 Å². The van der Waals surface area contributed by atoms with Crippen molar-refractivity contribution in [3.05, 3.63) is 35.4 Å². The molecule has 1 aromatic rings. The first-order chi connectivity index (χ1) is 9.20. The van der Waals surface area contributed by atoms with Crippen molar-refractivity contribution in [1.82, 2.24) is 5.32 Å². The van der Waals surface area contributed by atoms with Crippen LogP contribution in [0.2, 0.25) is 0 Å². The van der Waals surface area contributed by atoms with Crippen molar-refractivity contribution < 1.29 is 8.78 Å². The van der Waals surface area contributed by atoms with E-state index in [4.69, 9.17) is 0 Å². The van der Waals surface area contributed by atoms with Gasteiger partial charge in [0.1, 0.15) is 0 Å². The Morgan fingerprint density at radius 3 is 2.47 bits per heavy atom. The topological polar surface area (TPSA) is 12.0 Å². The molecule has 3 heteroatoms. The van der Waals surface area contributed by atoms with Gasteiger partial charge in [0.2, 0.25) is 0 Å². The van der Waals surface area contributed by atoms with Crippen LogP contribution in [-0.2, 0) is 6.54 Å². The fourth-order valence-corrected chi connectivity index (χ4v) is 3.76. The van der Waals surface area contributed by atoms with Gasteiger partial charge in [0.05, 0.1) is 0 Å².